The average molecular weight is 427 g/mol. The third-order valence-electron chi connectivity index (χ3n) is 5.40. The fourth-order valence-electron chi connectivity index (χ4n) is 3.79. The molecule has 1 fully saturated rings. The minimum absolute atomic E-state index is 0.0645. The minimum Gasteiger partial charge on any atom is -0.481 e. The maximum atomic E-state index is 12.8. The highest BCUT2D eigenvalue weighted by Crippen LogP contribution is 2.23. The Morgan fingerprint density at radius 2 is 1.58 bits per heavy atom. The molecule has 0 aromatic heterocycles. The van der Waals surface area contributed by atoms with Crippen molar-refractivity contribution in [2.24, 2.45) is 5.92 Å². The summed E-state index contributed by atoms with van der Waals surface area (Å²) in [5.41, 5.74) is 0.355. The van der Waals surface area contributed by atoms with Crippen molar-refractivity contribution < 1.29 is 24.2 Å². The Morgan fingerprint density at radius 1 is 0.968 bits per heavy atom. The molecule has 2 aromatic rings. The van der Waals surface area contributed by atoms with Gasteiger partial charge in [-0.2, -0.15) is 0 Å². The lowest BCUT2D eigenvalue weighted by molar-refractivity contribution is -0.146. The number of carbonyl (C=O) groups excluding carboxylic acids is 2. The molecule has 0 aliphatic carbocycles. The molecular weight excluding hydrogens is 396 g/mol. The van der Waals surface area contributed by atoms with E-state index >= 15 is 0 Å². The van der Waals surface area contributed by atoms with Gasteiger partial charge in [0.1, 0.15) is 5.60 Å². The van der Waals surface area contributed by atoms with Crippen LogP contribution in [0.15, 0.2) is 42.5 Å². The number of aliphatic carboxylic acids is 1. The SMILES string of the molecule is CC(C)(C)OC(=O)N1CCN(C(=O)C[C@H](Cc2cccc3ccccc23)C(=O)O)CC1. The Morgan fingerprint density at radius 3 is 2.23 bits per heavy atom. The van der Waals surface area contributed by atoms with Gasteiger partial charge < -0.3 is 19.6 Å². The van der Waals surface area contributed by atoms with Gasteiger partial charge in [0.25, 0.3) is 0 Å². The Balaban J connectivity index is 1.60. The van der Waals surface area contributed by atoms with Crippen LogP contribution in [0, 0.1) is 5.92 Å². The summed E-state index contributed by atoms with van der Waals surface area (Å²) in [6.45, 7) is 6.94. The predicted molar refractivity (Wildman–Crippen MR) is 118 cm³/mol. The number of ether oxygens (including phenoxy) is 1. The second kappa shape index (κ2) is 9.37. The van der Waals surface area contributed by atoms with Crippen LogP contribution in [-0.4, -0.2) is 64.7 Å². The molecule has 0 radical (unpaired) electrons. The number of benzene rings is 2. The molecule has 1 heterocycles. The van der Waals surface area contributed by atoms with Crippen molar-refractivity contribution in [2.45, 2.75) is 39.2 Å². The number of carbonyl (C=O) groups is 3. The molecule has 1 saturated heterocycles. The van der Waals surface area contributed by atoms with Crippen LogP contribution in [0.2, 0.25) is 0 Å². The number of rotatable bonds is 5. The van der Waals surface area contributed by atoms with Crippen molar-refractivity contribution in [1.29, 1.82) is 0 Å². The first-order chi connectivity index (χ1) is 14.6. The van der Waals surface area contributed by atoms with Gasteiger partial charge in [0.05, 0.1) is 5.92 Å². The molecular formula is C24H30N2O5. The maximum Gasteiger partial charge on any atom is 0.410 e. The van der Waals surface area contributed by atoms with E-state index in [1.165, 1.54) is 0 Å². The zero-order chi connectivity index (χ0) is 22.6. The molecule has 7 nitrogen and oxygen atoms in total. The van der Waals surface area contributed by atoms with Gasteiger partial charge in [-0.15, -0.1) is 0 Å². The van der Waals surface area contributed by atoms with Gasteiger partial charge in [-0.3, -0.25) is 9.59 Å². The molecule has 0 spiro atoms. The van der Waals surface area contributed by atoms with Gasteiger partial charge in [0.2, 0.25) is 5.91 Å². The van der Waals surface area contributed by atoms with Crippen molar-refractivity contribution >= 4 is 28.7 Å². The number of piperazine rings is 1. The van der Waals surface area contributed by atoms with Gasteiger partial charge >= 0.3 is 12.1 Å². The van der Waals surface area contributed by atoms with Crippen molar-refractivity contribution in [3.63, 3.8) is 0 Å². The molecule has 2 amide bonds. The van der Waals surface area contributed by atoms with Gasteiger partial charge in [0, 0.05) is 32.6 Å². The first kappa shape index (κ1) is 22.6. The zero-order valence-electron chi connectivity index (χ0n) is 18.3. The minimum atomic E-state index is -0.978. The van der Waals surface area contributed by atoms with Crippen LogP contribution in [0.1, 0.15) is 32.8 Å². The lowest BCUT2D eigenvalue weighted by Gasteiger charge is -2.36. The summed E-state index contributed by atoms with van der Waals surface area (Å²) in [6, 6.07) is 13.7. The van der Waals surface area contributed by atoms with Gasteiger partial charge in [0.15, 0.2) is 0 Å². The van der Waals surface area contributed by atoms with Crippen LogP contribution >= 0.6 is 0 Å². The highest BCUT2D eigenvalue weighted by Gasteiger charge is 2.30. The van der Waals surface area contributed by atoms with Crippen LogP contribution in [0.5, 0.6) is 0 Å². The van der Waals surface area contributed by atoms with Crippen molar-refractivity contribution in [2.75, 3.05) is 26.2 Å². The number of nitrogens with zero attached hydrogens (tertiary/aromatic N) is 2. The monoisotopic (exact) mass is 426 g/mol. The Labute approximate surface area is 182 Å². The lowest BCUT2D eigenvalue weighted by Crippen LogP contribution is -2.52. The second-order valence-corrected chi connectivity index (χ2v) is 8.93. The molecule has 0 saturated carbocycles. The Kier molecular flexibility index (Phi) is 6.83. The largest absolute Gasteiger partial charge is 0.481 e. The summed E-state index contributed by atoms with van der Waals surface area (Å²) in [7, 11) is 0. The summed E-state index contributed by atoms with van der Waals surface area (Å²) in [5.74, 6) is -1.98. The fraction of sp³-hybridized carbons (Fsp3) is 0.458. The van der Waals surface area contributed by atoms with Crippen LogP contribution in [0.3, 0.4) is 0 Å². The average Bonchev–Trinajstić information content (AvgIpc) is 2.72. The fourth-order valence-corrected chi connectivity index (χ4v) is 3.79. The lowest BCUT2D eigenvalue weighted by atomic mass is 9.92. The molecule has 31 heavy (non-hydrogen) atoms. The standard InChI is InChI=1S/C24H30N2O5/c1-24(2,3)31-23(30)26-13-11-25(12-14-26)21(27)16-19(22(28)29)15-18-9-6-8-17-7-4-5-10-20(17)18/h4-10,19H,11-16H2,1-3H3,(H,28,29)/t19-/m0/s1. The summed E-state index contributed by atoms with van der Waals surface area (Å²) in [4.78, 5) is 40.1. The first-order valence-electron chi connectivity index (χ1n) is 10.6. The third kappa shape index (κ3) is 5.96. The van der Waals surface area contributed by atoms with E-state index in [9.17, 15) is 19.5 Å². The molecule has 0 bridgehead atoms. The highest BCUT2D eigenvalue weighted by atomic mass is 16.6. The Bertz CT molecular complexity index is 953. The van der Waals surface area contributed by atoms with Crippen LogP contribution in [0.4, 0.5) is 4.79 Å². The number of hydrogen-bond donors (Lipinski definition) is 1. The Hall–Kier alpha value is -3.09. The van der Waals surface area contributed by atoms with E-state index < -0.39 is 17.5 Å². The van der Waals surface area contributed by atoms with E-state index in [0.717, 1.165) is 16.3 Å². The normalized spacial score (nSPS) is 15.6. The quantitative estimate of drug-likeness (QED) is 0.790. The highest BCUT2D eigenvalue weighted by molar-refractivity contribution is 5.87. The number of fused-ring (bicyclic) bond motifs is 1. The summed E-state index contributed by atoms with van der Waals surface area (Å²) in [5, 5.41) is 11.8. The number of carboxylic acids is 1. The van der Waals surface area contributed by atoms with Crippen molar-refractivity contribution in [3.05, 3.63) is 48.0 Å². The topological polar surface area (TPSA) is 87.2 Å². The van der Waals surface area contributed by atoms with Gasteiger partial charge in [-0.05, 0) is 43.5 Å². The van der Waals surface area contributed by atoms with Crippen molar-refractivity contribution in [1.82, 2.24) is 9.80 Å². The van der Waals surface area contributed by atoms with E-state index in [0.29, 0.717) is 32.6 Å². The van der Waals surface area contributed by atoms with Crippen molar-refractivity contribution in [3.8, 4) is 0 Å². The zero-order valence-corrected chi connectivity index (χ0v) is 18.3. The molecule has 1 aliphatic rings. The van der Waals surface area contributed by atoms with E-state index in [1.807, 2.05) is 63.2 Å². The number of carboxylic acid groups (broad SMARTS) is 1. The smallest absolute Gasteiger partial charge is 0.410 e. The van der Waals surface area contributed by atoms with E-state index in [2.05, 4.69) is 0 Å². The van der Waals surface area contributed by atoms with Gasteiger partial charge in [-0.1, -0.05) is 42.5 Å². The first-order valence-corrected chi connectivity index (χ1v) is 10.6. The molecule has 1 N–H and O–H groups in total. The van der Waals surface area contributed by atoms with Crippen LogP contribution in [0.25, 0.3) is 10.8 Å². The maximum absolute atomic E-state index is 12.8. The molecule has 2 aromatic carbocycles. The molecule has 0 unspecified atom stereocenters. The molecule has 1 aliphatic heterocycles. The number of amides is 2. The molecule has 166 valence electrons. The van der Waals surface area contributed by atoms with Crippen LogP contribution in [-0.2, 0) is 20.7 Å². The van der Waals surface area contributed by atoms with E-state index in [1.54, 1.807) is 9.80 Å². The van der Waals surface area contributed by atoms with Gasteiger partial charge in [-0.25, -0.2) is 4.79 Å². The summed E-state index contributed by atoms with van der Waals surface area (Å²) in [6.07, 6.45) is -0.162. The van der Waals surface area contributed by atoms with E-state index in [4.69, 9.17) is 4.74 Å². The molecule has 3 rings (SSSR count). The summed E-state index contributed by atoms with van der Waals surface area (Å²) < 4.78 is 5.38. The number of hydrogen-bond acceptors (Lipinski definition) is 4. The third-order valence-corrected chi connectivity index (χ3v) is 5.40. The second-order valence-electron chi connectivity index (χ2n) is 8.93. The summed E-state index contributed by atoms with van der Waals surface area (Å²) >= 11 is 0. The van der Waals surface area contributed by atoms with Crippen LogP contribution < -0.4 is 0 Å². The molecule has 1 atom stereocenters. The molecule has 7 heteroatoms. The predicted octanol–water partition coefficient (Wildman–Crippen LogP) is 3.55. The van der Waals surface area contributed by atoms with E-state index in [-0.39, 0.29) is 18.4 Å².